The molecule has 0 unspecified atom stereocenters. The van der Waals surface area contributed by atoms with Crippen LogP contribution in [-0.4, -0.2) is 14.5 Å². The minimum absolute atomic E-state index is 0.693. The molecule has 0 amide bonds. The summed E-state index contributed by atoms with van der Waals surface area (Å²) >= 11 is 0. The van der Waals surface area contributed by atoms with Crippen LogP contribution in [0.1, 0.15) is 5.56 Å². The zero-order valence-electron chi connectivity index (χ0n) is 26.0. The van der Waals surface area contributed by atoms with Crippen molar-refractivity contribution in [3.05, 3.63) is 176 Å². The van der Waals surface area contributed by atoms with Crippen molar-refractivity contribution >= 4 is 27.9 Å². The first kappa shape index (κ1) is 27.8. The maximum Gasteiger partial charge on any atom is 0.162 e. The predicted octanol–water partition coefficient (Wildman–Crippen LogP) is 11.2. The quantitative estimate of drug-likeness (QED) is 0.198. The Morgan fingerprint density at radius 1 is 0.479 bits per heavy atom. The lowest BCUT2D eigenvalue weighted by atomic mass is 9.96. The fraction of sp³-hybridized carbons (Fsp3) is 0. The average molecular weight is 616 g/mol. The molecule has 48 heavy (non-hydrogen) atoms. The van der Waals surface area contributed by atoms with Crippen molar-refractivity contribution in [2.24, 2.45) is 0 Å². The standard InChI is InChI=1S/C44H29N3O/c1-3-14-31(15-4-1)39-29-43(46-44(45-39)32-16-5-2-6-17-32)47-40-20-8-7-19-36(40)38-28-33(21-23-41(38)47)34-22-24-42-37(27-34)35-18-11-13-30(26-35)12-9-10-25-48-42/h1-29H/b12-9-,25-10+. The molecule has 0 spiro atoms. The summed E-state index contributed by atoms with van der Waals surface area (Å²) in [6.45, 7) is 0. The molecule has 0 aliphatic carbocycles. The summed E-state index contributed by atoms with van der Waals surface area (Å²) in [7, 11) is 0. The summed E-state index contributed by atoms with van der Waals surface area (Å²) in [4.78, 5) is 10.2. The Labute approximate surface area is 278 Å². The van der Waals surface area contributed by atoms with Crippen LogP contribution >= 0.6 is 0 Å². The van der Waals surface area contributed by atoms with Crippen LogP contribution in [0.3, 0.4) is 0 Å². The molecule has 2 aromatic heterocycles. The minimum atomic E-state index is 0.693. The Hall–Kier alpha value is -6.52. The number of aromatic nitrogens is 3. The molecular weight excluding hydrogens is 587 g/mol. The van der Waals surface area contributed by atoms with Gasteiger partial charge in [-0.1, -0.05) is 121 Å². The van der Waals surface area contributed by atoms with E-state index in [-0.39, 0.29) is 0 Å². The first-order valence-electron chi connectivity index (χ1n) is 16.1. The highest BCUT2D eigenvalue weighted by Crippen LogP contribution is 2.39. The number of benzene rings is 6. The van der Waals surface area contributed by atoms with Crippen molar-refractivity contribution in [2.45, 2.75) is 0 Å². The van der Waals surface area contributed by atoms with Crippen LogP contribution in [0, 0.1) is 0 Å². The summed E-state index contributed by atoms with van der Waals surface area (Å²) < 4.78 is 8.33. The number of fused-ring (bicyclic) bond motifs is 7. The molecule has 0 saturated heterocycles. The van der Waals surface area contributed by atoms with Crippen LogP contribution in [0.15, 0.2) is 170 Å². The molecule has 6 aromatic carbocycles. The highest BCUT2D eigenvalue weighted by atomic mass is 16.5. The van der Waals surface area contributed by atoms with Gasteiger partial charge in [-0.25, -0.2) is 9.97 Å². The second kappa shape index (κ2) is 11.7. The number of hydrogen-bond donors (Lipinski definition) is 0. The van der Waals surface area contributed by atoms with E-state index in [1.807, 2.05) is 48.6 Å². The zero-order valence-corrected chi connectivity index (χ0v) is 26.0. The van der Waals surface area contributed by atoms with Crippen LogP contribution in [-0.2, 0) is 0 Å². The van der Waals surface area contributed by atoms with Gasteiger partial charge in [0.25, 0.3) is 0 Å². The predicted molar refractivity (Wildman–Crippen MR) is 197 cm³/mol. The van der Waals surface area contributed by atoms with E-state index in [1.54, 1.807) is 6.26 Å². The Kier molecular flexibility index (Phi) is 6.76. The summed E-state index contributed by atoms with van der Waals surface area (Å²) in [6, 6.07) is 52.9. The first-order chi connectivity index (χ1) is 23.8. The molecular formula is C44H29N3O. The van der Waals surface area contributed by atoms with E-state index in [9.17, 15) is 0 Å². The van der Waals surface area contributed by atoms with Gasteiger partial charge in [-0.15, -0.1) is 0 Å². The Balaban J connectivity index is 1.23. The normalized spacial score (nSPS) is 13.5. The van der Waals surface area contributed by atoms with Gasteiger partial charge in [0.15, 0.2) is 5.82 Å². The fourth-order valence-electron chi connectivity index (χ4n) is 6.59. The van der Waals surface area contributed by atoms with Crippen molar-refractivity contribution in [1.29, 1.82) is 0 Å². The molecule has 1 aliphatic heterocycles. The molecule has 226 valence electrons. The van der Waals surface area contributed by atoms with Gasteiger partial charge in [0.1, 0.15) is 11.6 Å². The van der Waals surface area contributed by atoms with E-state index in [0.717, 1.165) is 72.6 Å². The van der Waals surface area contributed by atoms with Crippen molar-refractivity contribution < 1.29 is 4.74 Å². The summed E-state index contributed by atoms with van der Waals surface area (Å²) in [6.07, 6.45) is 7.74. The lowest BCUT2D eigenvalue weighted by Crippen LogP contribution is -2.02. The van der Waals surface area contributed by atoms with Crippen LogP contribution in [0.5, 0.6) is 5.75 Å². The monoisotopic (exact) mass is 615 g/mol. The molecule has 8 aromatic rings. The van der Waals surface area contributed by atoms with Gasteiger partial charge in [0.2, 0.25) is 0 Å². The second-order valence-electron chi connectivity index (χ2n) is 11.9. The van der Waals surface area contributed by atoms with Crippen molar-refractivity contribution in [2.75, 3.05) is 0 Å². The molecule has 4 nitrogen and oxygen atoms in total. The molecule has 1 aliphatic rings. The average Bonchev–Trinajstić information content (AvgIpc) is 3.49. The molecule has 0 N–H and O–H groups in total. The van der Waals surface area contributed by atoms with Crippen LogP contribution in [0.2, 0.25) is 0 Å². The summed E-state index contributed by atoms with van der Waals surface area (Å²) in [5.41, 5.74) is 10.7. The molecule has 0 fully saturated rings. The van der Waals surface area contributed by atoms with Gasteiger partial charge in [0.05, 0.1) is 23.0 Å². The molecule has 0 radical (unpaired) electrons. The molecule has 9 rings (SSSR count). The van der Waals surface area contributed by atoms with Gasteiger partial charge in [-0.3, -0.25) is 4.57 Å². The highest BCUT2D eigenvalue weighted by Gasteiger charge is 2.18. The van der Waals surface area contributed by atoms with E-state index in [2.05, 4.69) is 126 Å². The number of rotatable bonds is 4. The van der Waals surface area contributed by atoms with Gasteiger partial charge >= 0.3 is 0 Å². The van der Waals surface area contributed by atoms with E-state index in [4.69, 9.17) is 14.7 Å². The largest absolute Gasteiger partial charge is 0.464 e. The number of allylic oxidation sites excluding steroid dienone is 2. The van der Waals surface area contributed by atoms with Crippen molar-refractivity contribution in [3.8, 4) is 56.5 Å². The minimum Gasteiger partial charge on any atom is -0.464 e. The maximum absolute atomic E-state index is 6.07. The summed E-state index contributed by atoms with van der Waals surface area (Å²) in [5, 5.41) is 2.33. The molecule has 0 atom stereocenters. The Morgan fingerprint density at radius 2 is 1.21 bits per heavy atom. The van der Waals surface area contributed by atoms with E-state index in [1.165, 1.54) is 5.39 Å². The van der Waals surface area contributed by atoms with Gasteiger partial charge in [-0.2, -0.15) is 0 Å². The topological polar surface area (TPSA) is 39.9 Å². The first-order valence-corrected chi connectivity index (χ1v) is 16.1. The van der Waals surface area contributed by atoms with Gasteiger partial charge < -0.3 is 4.74 Å². The lowest BCUT2D eigenvalue weighted by Gasteiger charge is -2.14. The van der Waals surface area contributed by atoms with Crippen molar-refractivity contribution in [3.63, 3.8) is 0 Å². The third-order valence-electron chi connectivity index (χ3n) is 8.90. The number of ether oxygens (including phenoxy) is 1. The fourth-order valence-corrected chi connectivity index (χ4v) is 6.59. The number of hydrogen-bond acceptors (Lipinski definition) is 3. The molecule has 0 saturated carbocycles. The van der Waals surface area contributed by atoms with Crippen LogP contribution in [0.25, 0.3) is 78.6 Å². The SMILES string of the molecule is C1=C\c2cccc(c2)-c2cc(-c3ccc4c(c3)c3ccccc3n4-c3cc(-c4ccccc4)nc(-c4ccccc4)n3)ccc2O/C=C/1. The molecule has 4 heteroatoms. The zero-order chi connectivity index (χ0) is 31.9. The van der Waals surface area contributed by atoms with Gasteiger partial charge in [-0.05, 0) is 64.7 Å². The molecule has 3 heterocycles. The van der Waals surface area contributed by atoms with Gasteiger partial charge in [0, 0.05) is 33.5 Å². The van der Waals surface area contributed by atoms with E-state index in [0.29, 0.717) is 5.82 Å². The highest BCUT2D eigenvalue weighted by molar-refractivity contribution is 6.10. The van der Waals surface area contributed by atoms with Crippen molar-refractivity contribution in [1.82, 2.24) is 14.5 Å². The van der Waals surface area contributed by atoms with E-state index >= 15 is 0 Å². The summed E-state index contributed by atoms with van der Waals surface area (Å²) in [5.74, 6) is 2.35. The Morgan fingerprint density at radius 3 is 2.08 bits per heavy atom. The second-order valence-corrected chi connectivity index (χ2v) is 11.9. The third kappa shape index (κ3) is 4.97. The van der Waals surface area contributed by atoms with E-state index < -0.39 is 0 Å². The lowest BCUT2D eigenvalue weighted by molar-refractivity contribution is 0.483. The van der Waals surface area contributed by atoms with Crippen LogP contribution < -0.4 is 4.74 Å². The smallest absolute Gasteiger partial charge is 0.162 e. The third-order valence-corrected chi connectivity index (χ3v) is 8.90. The maximum atomic E-state index is 6.07. The Bertz CT molecular complexity index is 2470. The molecule has 2 bridgehead atoms. The number of para-hydroxylation sites is 1. The van der Waals surface area contributed by atoms with Crippen LogP contribution in [0.4, 0.5) is 0 Å². The number of nitrogens with zero attached hydrogens (tertiary/aromatic N) is 3.